The van der Waals surface area contributed by atoms with Crippen LogP contribution in [0.2, 0.25) is 10.0 Å². The first kappa shape index (κ1) is 21.1. The van der Waals surface area contributed by atoms with Gasteiger partial charge in [-0.3, -0.25) is 14.4 Å². The van der Waals surface area contributed by atoms with Crippen molar-refractivity contribution in [2.45, 2.75) is 20.3 Å². The molecule has 1 saturated heterocycles. The van der Waals surface area contributed by atoms with E-state index >= 15 is 0 Å². The number of hydrogen-bond acceptors (Lipinski definition) is 4. The molecule has 1 heterocycles. The highest BCUT2D eigenvalue weighted by Gasteiger charge is 2.36. The standard InChI is InChI=1S/C21H20Cl2N2O4/c1-12-4-6-16(9-17(12)23)25-10-14(7-20(25)27)21(28)29-11-19(26)24-18-8-15(22)5-3-13(18)2/h3-6,8-9,14H,7,10-11H2,1-2H3,(H,24,26)/t14-/m0/s1. The van der Waals surface area contributed by atoms with Crippen molar-refractivity contribution >= 4 is 52.4 Å². The van der Waals surface area contributed by atoms with Gasteiger partial charge >= 0.3 is 5.97 Å². The van der Waals surface area contributed by atoms with Crippen molar-refractivity contribution in [3.63, 3.8) is 0 Å². The van der Waals surface area contributed by atoms with Crippen molar-refractivity contribution in [2.75, 3.05) is 23.4 Å². The summed E-state index contributed by atoms with van der Waals surface area (Å²) in [5.74, 6) is -1.89. The number of rotatable bonds is 5. The Morgan fingerprint density at radius 3 is 2.59 bits per heavy atom. The summed E-state index contributed by atoms with van der Waals surface area (Å²) in [7, 11) is 0. The van der Waals surface area contributed by atoms with Crippen LogP contribution in [0.3, 0.4) is 0 Å². The summed E-state index contributed by atoms with van der Waals surface area (Å²) in [6.45, 7) is 3.44. The molecule has 1 fully saturated rings. The van der Waals surface area contributed by atoms with E-state index in [2.05, 4.69) is 5.32 Å². The molecule has 0 saturated carbocycles. The smallest absolute Gasteiger partial charge is 0.311 e. The Balaban J connectivity index is 1.56. The zero-order valence-electron chi connectivity index (χ0n) is 16.0. The highest BCUT2D eigenvalue weighted by Crippen LogP contribution is 2.29. The van der Waals surface area contributed by atoms with Crippen molar-refractivity contribution in [3.8, 4) is 0 Å². The quantitative estimate of drug-likeness (QED) is 0.717. The fourth-order valence-corrected chi connectivity index (χ4v) is 3.38. The topological polar surface area (TPSA) is 75.7 Å². The normalized spacial score (nSPS) is 16.1. The van der Waals surface area contributed by atoms with E-state index in [4.69, 9.17) is 27.9 Å². The van der Waals surface area contributed by atoms with Gasteiger partial charge in [-0.1, -0.05) is 35.3 Å². The van der Waals surface area contributed by atoms with Gasteiger partial charge in [0.1, 0.15) is 0 Å². The summed E-state index contributed by atoms with van der Waals surface area (Å²) in [4.78, 5) is 38.3. The number of benzene rings is 2. The first-order chi connectivity index (χ1) is 13.7. The summed E-state index contributed by atoms with van der Waals surface area (Å²) in [5.41, 5.74) is 2.92. The number of halogens is 2. The molecule has 29 heavy (non-hydrogen) atoms. The summed E-state index contributed by atoms with van der Waals surface area (Å²) in [6.07, 6.45) is 0.0271. The van der Waals surface area contributed by atoms with E-state index in [-0.39, 0.29) is 18.9 Å². The highest BCUT2D eigenvalue weighted by atomic mass is 35.5. The van der Waals surface area contributed by atoms with Crippen LogP contribution in [0.25, 0.3) is 0 Å². The van der Waals surface area contributed by atoms with Gasteiger partial charge in [-0.2, -0.15) is 0 Å². The molecule has 0 unspecified atom stereocenters. The van der Waals surface area contributed by atoms with Crippen LogP contribution >= 0.6 is 23.2 Å². The molecule has 1 aliphatic rings. The van der Waals surface area contributed by atoms with Crippen LogP contribution in [-0.2, 0) is 19.1 Å². The largest absolute Gasteiger partial charge is 0.455 e. The number of esters is 1. The van der Waals surface area contributed by atoms with Crippen molar-refractivity contribution < 1.29 is 19.1 Å². The molecule has 8 heteroatoms. The number of hydrogen-bond donors (Lipinski definition) is 1. The second-order valence-electron chi connectivity index (χ2n) is 6.95. The molecule has 1 N–H and O–H groups in total. The Hall–Kier alpha value is -2.57. The van der Waals surface area contributed by atoms with Gasteiger partial charge in [-0.25, -0.2) is 0 Å². The second kappa shape index (κ2) is 8.84. The molecule has 3 rings (SSSR count). The molecule has 0 spiro atoms. The lowest BCUT2D eigenvalue weighted by Gasteiger charge is -2.17. The fourth-order valence-electron chi connectivity index (χ4n) is 3.03. The molecular weight excluding hydrogens is 415 g/mol. The number of nitrogens with zero attached hydrogens (tertiary/aromatic N) is 1. The summed E-state index contributed by atoms with van der Waals surface area (Å²) < 4.78 is 5.12. The van der Waals surface area contributed by atoms with Gasteiger partial charge in [0.2, 0.25) is 5.91 Å². The SMILES string of the molecule is Cc1ccc(N2C[C@@H](C(=O)OCC(=O)Nc3cc(Cl)ccc3C)CC2=O)cc1Cl. The number of anilines is 2. The maximum absolute atomic E-state index is 12.3. The minimum atomic E-state index is -0.636. The average Bonchev–Trinajstić information content (AvgIpc) is 3.07. The van der Waals surface area contributed by atoms with E-state index in [1.165, 1.54) is 4.90 Å². The number of aryl methyl sites for hydroxylation is 2. The maximum atomic E-state index is 12.3. The highest BCUT2D eigenvalue weighted by molar-refractivity contribution is 6.31. The Morgan fingerprint density at radius 1 is 1.14 bits per heavy atom. The average molecular weight is 435 g/mol. The molecule has 0 bridgehead atoms. The van der Waals surface area contributed by atoms with Crippen LogP contribution in [0, 0.1) is 19.8 Å². The first-order valence-corrected chi connectivity index (χ1v) is 9.79. The van der Waals surface area contributed by atoms with Crippen LogP contribution < -0.4 is 10.2 Å². The molecule has 1 atom stereocenters. The van der Waals surface area contributed by atoms with E-state index < -0.39 is 24.4 Å². The maximum Gasteiger partial charge on any atom is 0.311 e. The van der Waals surface area contributed by atoms with Gasteiger partial charge in [0.15, 0.2) is 6.61 Å². The van der Waals surface area contributed by atoms with Gasteiger partial charge < -0.3 is 15.0 Å². The summed E-state index contributed by atoms with van der Waals surface area (Å²) in [6, 6.07) is 10.4. The molecule has 0 aromatic heterocycles. The third-order valence-electron chi connectivity index (χ3n) is 4.74. The molecule has 2 aromatic carbocycles. The molecule has 6 nitrogen and oxygen atoms in total. The Bertz CT molecular complexity index is 977. The minimum Gasteiger partial charge on any atom is -0.455 e. The van der Waals surface area contributed by atoms with Crippen LogP contribution in [0.1, 0.15) is 17.5 Å². The van der Waals surface area contributed by atoms with Crippen molar-refractivity contribution in [1.29, 1.82) is 0 Å². The van der Waals surface area contributed by atoms with Crippen molar-refractivity contribution in [1.82, 2.24) is 0 Å². The van der Waals surface area contributed by atoms with Gasteiger partial charge in [0.25, 0.3) is 5.91 Å². The monoisotopic (exact) mass is 434 g/mol. The third kappa shape index (κ3) is 5.08. The van der Waals surface area contributed by atoms with E-state index in [0.29, 0.717) is 21.4 Å². The van der Waals surface area contributed by atoms with E-state index in [1.54, 1.807) is 30.3 Å². The number of carbonyl (C=O) groups is 3. The van der Waals surface area contributed by atoms with Crippen LogP contribution in [0.15, 0.2) is 36.4 Å². The molecule has 0 aliphatic carbocycles. The lowest BCUT2D eigenvalue weighted by atomic mass is 10.1. The molecule has 2 amide bonds. The molecular formula is C21H20Cl2N2O4. The second-order valence-corrected chi connectivity index (χ2v) is 7.80. The van der Waals surface area contributed by atoms with Gasteiger partial charge in [0.05, 0.1) is 5.92 Å². The van der Waals surface area contributed by atoms with Gasteiger partial charge in [-0.05, 0) is 49.2 Å². The first-order valence-electron chi connectivity index (χ1n) is 9.03. The Kier molecular flexibility index (Phi) is 6.45. The van der Waals surface area contributed by atoms with Crippen LogP contribution in [0.5, 0.6) is 0 Å². The molecule has 1 aliphatic heterocycles. The Morgan fingerprint density at radius 2 is 1.86 bits per heavy atom. The number of nitrogens with one attached hydrogen (secondary N) is 1. The van der Waals surface area contributed by atoms with E-state index in [0.717, 1.165) is 11.1 Å². The lowest BCUT2D eigenvalue weighted by molar-refractivity contribution is -0.151. The third-order valence-corrected chi connectivity index (χ3v) is 5.39. The van der Waals surface area contributed by atoms with Crippen molar-refractivity contribution in [2.24, 2.45) is 5.92 Å². The predicted octanol–water partition coefficient (Wildman–Crippen LogP) is 4.15. The molecule has 152 valence electrons. The van der Waals surface area contributed by atoms with Crippen LogP contribution in [0.4, 0.5) is 11.4 Å². The van der Waals surface area contributed by atoms with Crippen LogP contribution in [-0.4, -0.2) is 30.9 Å². The minimum absolute atomic E-state index is 0.0271. The molecule has 2 aromatic rings. The number of carbonyl (C=O) groups excluding carboxylic acids is 3. The number of ether oxygens (including phenoxy) is 1. The van der Waals surface area contributed by atoms with E-state index in [9.17, 15) is 14.4 Å². The fraction of sp³-hybridized carbons (Fsp3) is 0.286. The van der Waals surface area contributed by atoms with Gasteiger partial charge in [0, 0.05) is 34.4 Å². The van der Waals surface area contributed by atoms with Crippen molar-refractivity contribution in [3.05, 3.63) is 57.6 Å². The summed E-state index contributed by atoms with van der Waals surface area (Å²) in [5, 5.41) is 3.70. The zero-order valence-corrected chi connectivity index (χ0v) is 17.5. The predicted molar refractivity (Wildman–Crippen MR) is 112 cm³/mol. The molecule has 0 radical (unpaired) electrons. The van der Waals surface area contributed by atoms with E-state index in [1.807, 2.05) is 19.9 Å². The Labute approximate surface area is 178 Å². The van der Waals surface area contributed by atoms with Gasteiger partial charge in [-0.15, -0.1) is 0 Å². The zero-order chi connectivity index (χ0) is 21.1. The number of amides is 2. The summed E-state index contributed by atoms with van der Waals surface area (Å²) >= 11 is 12.1. The lowest BCUT2D eigenvalue weighted by Crippen LogP contribution is -2.28.